The predicted molar refractivity (Wildman–Crippen MR) is 74.3 cm³/mol. The highest BCUT2D eigenvalue weighted by Gasteiger charge is 2.12. The quantitative estimate of drug-likeness (QED) is 0.767. The van der Waals surface area contributed by atoms with Crippen LogP contribution in [-0.2, 0) is 4.74 Å². The van der Waals surface area contributed by atoms with Crippen molar-refractivity contribution < 1.29 is 14.6 Å². The molecule has 4 heteroatoms. The molecule has 0 bridgehead atoms. The van der Waals surface area contributed by atoms with Crippen molar-refractivity contribution >= 4 is 0 Å². The monoisotopic (exact) mass is 263 g/mol. The lowest BCUT2D eigenvalue weighted by Gasteiger charge is -2.20. The smallest absolute Gasteiger partial charge is 0.119 e. The van der Waals surface area contributed by atoms with E-state index in [0.29, 0.717) is 6.61 Å². The first-order valence-electron chi connectivity index (χ1n) is 6.57. The van der Waals surface area contributed by atoms with Gasteiger partial charge in [-0.25, -0.2) is 0 Å². The molecule has 0 amide bonds. The largest absolute Gasteiger partial charge is 0.497 e. The molecular formula is C15H21NO3. The average molecular weight is 263 g/mol. The predicted octanol–water partition coefficient (Wildman–Crippen LogP) is 1.66. The minimum absolute atomic E-state index is 0.0568. The van der Waals surface area contributed by atoms with Gasteiger partial charge in [0.1, 0.15) is 5.75 Å². The van der Waals surface area contributed by atoms with Gasteiger partial charge in [0.2, 0.25) is 0 Å². The minimum Gasteiger partial charge on any atom is -0.497 e. The zero-order valence-corrected chi connectivity index (χ0v) is 11.3. The van der Waals surface area contributed by atoms with Gasteiger partial charge in [-0.3, -0.25) is 0 Å². The van der Waals surface area contributed by atoms with E-state index in [9.17, 15) is 5.11 Å². The van der Waals surface area contributed by atoms with Crippen molar-refractivity contribution in [3.05, 3.63) is 41.5 Å². The van der Waals surface area contributed by atoms with Gasteiger partial charge in [0, 0.05) is 6.54 Å². The summed E-state index contributed by atoms with van der Waals surface area (Å²) in [6, 6.07) is 7.68. The summed E-state index contributed by atoms with van der Waals surface area (Å²) in [5, 5.41) is 12.9. The van der Waals surface area contributed by atoms with Crippen molar-refractivity contribution in [2.45, 2.75) is 12.5 Å². The van der Waals surface area contributed by atoms with Crippen LogP contribution >= 0.6 is 0 Å². The number of methoxy groups -OCH3 is 1. The second-order valence-corrected chi connectivity index (χ2v) is 4.60. The molecule has 1 unspecified atom stereocenters. The van der Waals surface area contributed by atoms with Crippen molar-refractivity contribution in [3.63, 3.8) is 0 Å². The normalized spacial score (nSPS) is 16.8. The Bertz CT molecular complexity index is 431. The molecule has 1 aromatic rings. The summed E-state index contributed by atoms with van der Waals surface area (Å²) in [5.74, 6) is 0.804. The number of ether oxygens (including phenoxy) is 2. The number of hydrogen-bond acceptors (Lipinski definition) is 4. The second-order valence-electron chi connectivity index (χ2n) is 4.60. The number of nitrogens with one attached hydrogen (secondary N) is 1. The Morgan fingerprint density at radius 3 is 3.05 bits per heavy atom. The van der Waals surface area contributed by atoms with Crippen LogP contribution in [0.5, 0.6) is 5.75 Å². The summed E-state index contributed by atoms with van der Waals surface area (Å²) >= 11 is 0. The molecule has 0 radical (unpaired) electrons. The number of aliphatic hydroxyl groups is 1. The van der Waals surface area contributed by atoms with Gasteiger partial charge in [-0.2, -0.15) is 0 Å². The number of rotatable bonds is 6. The fourth-order valence-corrected chi connectivity index (χ4v) is 2.13. The highest BCUT2D eigenvalue weighted by Crippen LogP contribution is 2.19. The third-order valence-electron chi connectivity index (χ3n) is 3.24. The maximum absolute atomic E-state index is 9.52. The van der Waals surface area contributed by atoms with Crippen LogP contribution in [0.15, 0.2) is 35.9 Å². The van der Waals surface area contributed by atoms with E-state index < -0.39 is 0 Å². The van der Waals surface area contributed by atoms with Gasteiger partial charge in [0.05, 0.1) is 33.0 Å². The Balaban J connectivity index is 1.96. The minimum atomic E-state index is -0.0853. The molecule has 2 N–H and O–H groups in total. The Morgan fingerprint density at radius 2 is 2.37 bits per heavy atom. The SMILES string of the molecule is COc1cccc(C(CO)NCC2=CCCOC2)c1. The van der Waals surface area contributed by atoms with E-state index in [2.05, 4.69) is 11.4 Å². The molecule has 0 aromatic heterocycles. The first kappa shape index (κ1) is 14.1. The van der Waals surface area contributed by atoms with Gasteiger partial charge < -0.3 is 19.9 Å². The molecule has 1 heterocycles. The van der Waals surface area contributed by atoms with E-state index >= 15 is 0 Å². The molecule has 4 nitrogen and oxygen atoms in total. The molecule has 1 atom stereocenters. The second kappa shape index (κ2) is 7.28. The van der Waals surface area contributed by atoms with Crippen molar-refractivity contribution in [2.75, 3.05) is 33.5 Å². The van der Waals surface area contributed by atoms with Crippen LogP contribution in [0.2, 0.25) is 0 Å². The van der Waals surface area contributed by atoms with Crippen molar-refractivity contribution in [1.82, 2.24) is 5.32 Å². The van der Waals surface area contributed by atoms with Gasteiger partial charge in [-0.15, -0.1) is 0 Å². The van der Waals surface area contributed by atoms with Crippen LogP contribution < -0.4 is 10.1 Å². The zero-order chi connectivity index (χ0) is 13.5. The van der Waals surface area contributed by atoms with Crippen LogP contribution in [-0.4, -0.2) is 38.6 Å². The van der Waals surface area contributed by atoms with Crippen LogP contribution in [0.4, 0.5) is 0 Å². The standard InChI is InChI=1S/C15H21NO3/c1-18-14-6-2-5-13(8-14)15(10-17)16-9-12-4-3-7-19-11-12/h2,4-6,8,15-17H,3,7,9-11H2,1H3. The Morgan fingerprint density at radius 1 is 1.47 bits per heavy atom. The maximum atomic E-state index is 9.52. The summed E-state index contributed by atoms with van der Waals surface area (Å²) in [5.41, 5.74) is 2.27. The van der Waals surface area contributed by atoms with Gasteiger partial charge in [-0.1, -0.05) is 18.2 Å². The Kier molecular flexibility index (Phi) is 5.39. The van der Waals surface area contributed by atoms with Gasteiger partial charge in [0.25, 0.3) is 0 Å². The molecule has 2 rings (SSSR count). The highest BCUT2D eigenvalue weighted by atomic mass is 16.5. The van der Waals surface area contributed by atoms with Crippen molar-refractivity contribution in [1.29, 1.82) is 0 Å². The average Bonchev–Trinajstić information content (AvgIpc) is 2.49. The topological polar surface area (TPSA) is 50.7 Å². The fraction of sp³-hybridized carbons (Fsp3) is 0.467. The molecule has 0 saturated carbocycles. The van der Waals surface area contributed by atoms with Crippen LogP contribution in [0.1, 0.15) is 18.0 Å². The van der Waals surface area contributed by atoms with E-state index in [1.807, 2.05) is 24.3 Å². The van der Waals surface area contributed by atoms with Gasteiger partial charge >= 0.3 is 0 Å². The third kappa shape index (κ3) is 4.06. The highest BCUT2D eigenvalue weighted by molar-refractivity contribution is 5.30. The van der Waals surface area contributed by atoms with Crippen LogP contribution in [0.3, 0.4) is 0 Å². The summed E-state index contributed by atoms with van der Waals surface area (Å²) in [6.45, 7) is 2.29. The van der Waals surface area contributed by atoms with E-state index in [0.717, 1.165) is 30.9 Å². The van der Waals surface area contributed by atoms with E-state index in [1.165, 1.54) is 5.57 Å². The fourth-order valence-electron chi connectivity index (χ4n) is 2.13. The number of aliphatic hydroxyl groups excluding tert-OH is 1. The van der Waals surface area contributed by atoms with Crippen molar-refractivity contribution in [3.8, 4) is 5.75 Å². The van der Waals surface area contributed by atoms with Crippen molar-refractivity contribution in [2.24, 2.45) is 0 Å². The number of hydrogen-bond donors (Lipinski definition) is 2. The number of benzene rings is 1. The first-order chi connectivity index (χ1) is 9.33. The van der Waals surface area contributed by atoms with Gasteiger partial charge in [-0.05, 0) is 29.7 Å². The molecular weight excluding hydrogens is 242 g/mol. The molecule has 104 valence electrons. The van der Waals surface area contributed by atoms with E-state index in [-0.39, 0.29) is 12.6 Å². The summed E-state index contributed by atoms with van der Waals surface area (Å²) < 4.78 is 10.6. The third-order valence-corrected chi connectivity index (χ3v) is 3.24. The molecule has 1 aliphatic heterocycles. The summed E-state index contributed by atoms with van der Waals surface area (Å²) in [7, 11) is 1.64. The lowest BCUT2D eigenvalue weighted by Crippen LogP contribution is -2.28. The zero-order valence-electron chi connectivity index (χ0n) is 11.3. The van der Waals surface area contributed by atoms with E-state index in [1.54, 1.807) is 7.11 Å². The molecule has 0 saturated heterocycles. The molecule has 1 aromatic carbocycles. The van der Waals surface area contributed by atoms with Crippen LogP contribution in [0.25, 0.3) is 0 Å². The summed E-state index contributed by atoms with van der Waals surface area (Å²) in [4.78, 5) is 0. The lowest BCUT2D eigenvalue weighted by molar-refractivity contribution is 0.147. The molecule has 0 aliphatic carbocycles. The van der Waals surface area contributed by atoms with Crippen LogP contribution in [0, 0.1) is 0 Å². The summed E-state index contributed by atoms with van der Waals surface area (Å²) in [6.07, 6.45) is 3.18. The maximum Gasteiger partial charge on any atom is 0.119 e. The molecule has 19 heavy (non-hydrogen) atoms. The molecule has 0 spiro atoms. The molecule has 1 aliphatic rings. The van der Waals surface area contributed by atoms with Gasteiger partial charge in [0.15, 0.2) is 0 Å². The Labute approximate surface area is 114 Å². The molecule has 0 fully saturated rings. The lowest BCUT2D eigenvalue weighted by atomic mass is 10.1. The first-order valence-corrected chi connectivity index (χ1v) is 6.57. The Hall–Kier alpha value is -1.36. The van der Waals surface area contributed by atoms with E-state index in [4.69, 9.17) is 9.47 Å².